The molecular weight excluding hydrogens is 434 g/mol. The van der Waals surface area contributed by atoms with Gasteiger partial charge in [0.15, 0.2) is 0 Å². The number of thiophene rings is 1. The summed E-state index contributed by atoms with van der Waals surface area (Å²) in [4.78, 5) is 27.6. The molecule has 2 aliphatic rings. The lowest BCUT2D eigenvalue weighted by atomic mass is 10.0. The van der Waals surface area contributed by atoms with Gasteiger partial charge in [-0.3, -0.25) is 9.59 Å². The van der Waals surface area contributed by atoms with Gasteiger partial charge in [-0.2, -0.15) is 4.31 Å². The molecule has 1 fully saturated rings. The second kappa shape index (κ2) is 7.44. The molecule has 2 aromatic carbocycles. The number of anilines is 2. The predicted molar refractivity (Wildman–Crippen MR) is 121 cm³/mol. The summed E-state index contributed by atoms with van der Waals surface area (Å²) in [7, 11) is -3.71. The summed E-state index contributed by atoms with van der Waals surface area (Å²) in [5.41, 5.74) is 2.03. The molecule has 160 valence electrons. The van der Waals surface area contributed by atoms with Crippen LogP contribution in [0.15, 0.2) is 52.1 Å². The molecule has 31 heavy (non-hydrogen) atoms. The molecule has 0 bridgehead atoms. The Labute approximate surface area is 184 Å². The number of rotatable bonds is 5. The molecule has 1 N–H and O–H groups in total. The third-order valence-corrected chi connectivity index (χ3v) is 9.20. The Morgan fingerprint density at radius 3 is 2.77 bits per heavy atom. The zero-order valence-electron chi connectivity index (χ0n) is 16.9. The largest absolute Gasteiger partial charge is 0.324 e. The van der Waals surface area contributed by atoms with Crippen molar-refractivity contribution in [2.24, 2.45) is 0 Å². The number of hydrogen-bond donors (Lipinski definition) is 1. The maximum Gasteiger partial charge on any atom is 0.258 e. The fourth-order valence-electron chi connectivity index (χ4n) is 4.50. The normalized spacial score (nSPS) is 18.8. The van der Waals surface area contributed by atoms with Crippen LogP contribution in [0.2, 0.25) is 0 Å². The molecule has 0 radical (unpaired) electrons. The zero-order chi connectivity index (χ0) is 21.8. The van der Waals surface area contributed by atoms with Gasteiger partial charge in [0.05, 0.1) is 5.69 Å². The van der Waals surface area contributed by atoms with Gasteiger partial charge in [-0.1, -0.05) is 18.2 Å². The monoisotopic (exact) mass is 455 g/mol. The highest BCUT2D eigenvalue weighted by atomic mass is 32.2. The molecule has 1 aromatic heterocycles. The SMILES string of the molecule is CCN1C(=O)c2cccc3c(NC(=O)C4CCCN4S(=O)(=O)c4cccs4)ccc1c23. The standard InChI is InChI=1S/C22H21N3O4S2/c1-2-24-17-11-10-16(14-6-3-7-15(20(14)17)22(24)27)23-21(26)18-8-4-12-25(18)31(28,29)19-9-5-13-30-19/h3,5-7,9-11,13,18H,2,4,8,12H2,1H3,(H,23,26). The Balaban J connectivity index is 1.48. The lowest BCUT2D eigenvalue weighted by Gasteiger charge is -2.23. The Morgan fingerprint density at radius 1 is 1.19 bits per heavy atom. The summed E-state index contributed by atoms with van der Waals surface area (Å²) in [5, 5.41) is 6.24. The van der Waals surface area contributed by atoms with Gasteiger partial charge >= 0.3 is 0 Å². The number of nitrogens with zero attached hydrogens (tertiary/aromatic N) is 2. The Morgan fingerprint density at radius 2 is 2.03 bits per heavy atom. The smallest absolute Gasteiger partial charge is 0.258 e. The minimum absolute atomic E-state index is 0.0458. The first kappa shape index (κ1) is 20.2. The van der Waals surface area contributed by atoms with E-state index in [4.69, 9.17) is 0 Å². The third kappa shape index (κ3) is 3.07. The van der Waals surface area contributed by atoms with Crippen molar-refractivity contribution in [1.29, 1.82) is 0 Å². The van der Waals surface area contributed by atoms with E-state index >= 15 is 0 Å². The van der Waals surface area contributed by atoms with Gasteiger partial charge in [0.1, 0.15) is 10.3 Å². The highest BCUT2D eigenvalue weighted by Crippen LogP contribution is 2.40. The first-order valence-corrected chi connectivity index (χ1v) is 12.5. The van der Waals surface area contributed by atoms with Crippen molar-refractivity contribution in [1.82, 2.24) is 4.31 Å². The second-order valence-corrected chi connectivity index (χ2v) is 10.7. The van der Waals surface area contributed by atoms with Crippen molar-refractivity contribution < 1.29 is 18.0 Å². The topological polar surface area (TPSA) is 86.8 Å². The van der Waals surface area contributed by atoms with Crippen LogP contribution in [0, 0.1) is 0 Å². The number of carbonyl (C=O) groups is 2. The van der Waals surface area contributed by atoms with Crippen LogP contribution in [0.3, 0.4) is 0 Å². The van der Waals surface area contributed by atoms with E-state index < -0.39 is 16.1 Å². The van der Waals surface area contributed by atoms with Crippen molar-refractivity contribution in [2.75, 3.05) is 23.3 Å². The summed E-state index contributed by atoms with van der Waals surface area (Å²) in [5.74, 6) is -0.398. The number of carbonyl (C=O) groups excluding carboxylic acids is 2. The van der Waals surface area contributed by atoms with Crippen LogP contribution in [0.25, 0.3) is 10.8 Å². The summed E-state index contributed by atoms with van der Waals surface area (Å²) < 4.78 is 27.5. The molecule has 2 aliphatic heterocycles. The van der Waals surface area contributed by atoms with Crippen LogP contribution < -0.4 is 10.2 Å². The van der Waals surface area contributed by atoms with Crippen LogP contribution in [0.5, 0.6) is 0 Å². The number of sulfonamides is 1. The van der Waals surface area contributed by atoms with Crippen molar-refractivity contribution in [3.8, 4) is 0 Å². The fraction of sp³-hybridized carbons (Fsp3) is 0.273. The summed E-state index contributed by atoms with van der Waals surface area (Å²) in [6.45, 7) is 2.81. The van der Waals surface area contributed by atoms with Gasteiger partial charge in [-0.05, 0) is 49.4 Å². The molecule has 3 aromatic rings. The maximum atomic E-state index is 13.2. The molecule has 0 aliphatic carbocycles. The first-order chi connectivity index (χ1) is 14.9. The van der Waals surface area contributed by atoms with Crippen LogP contribution in [-0.2, 0) is 14.8 Å². The lowest BCUT2D eigenvalue weighted by Crippen LogP contribution is -2.42. The average Bonchev–Trinajstić information content (AvgIpc) is 3.51. The van der Waals surface area contributed by atoms with Gasteiger partial charge in [0, 0.05) is 35.1 Å². The Hall–Kier alpha value is -2.75. The number of amides is 2. The minimum atomic E-state index is -3.71. The van der Waals surface area contributed by atoms with Crippen LogP contribution in [-0.4, -0.2) is 43.7 Å². The quantitative estimate of drug-likeness (QED) is 0.636. The molecule has 1 atom stereocenters. The van der Waals surface area contributed by atoms with E-state index in [9.17, 15) is 18.0 Å². The minimum Gasteiger partial charge on any atom is -0.324 e. The maximum absolute atomic E-state index is 13.2. The summed E-state index contributed by atoms with van der Waals surface area (Å²) in [6.07, 6.45) is 1.10. The molecule has 2 amide bonds. The van der Waals surface area contributed by atoms with Gasteiger partial charge in [-0.25, -0.2) is 8.42 Å². The fourth-order valence-corrected chi connectivity index (χ4v) is 7.28. The van der Waals surface area contributed by atoms with Gasteiger partial charge < -0.3 is 10.2 Å². The van der Waals surface area contributed by atoms with E-state index in [-0.39, 0.29) is 16.0 Å². The second-order valence-electron chi connectivity index (χ2n) is 7.60. The highest BCUT2D eigenvalue weighted by Gasteiger charge is 2.40. The van der Waals surface area contributed by atoms with Gasteiger partial charge in [0.25, 0.3) is 15.9 Å². The lowest BCUT2D eigenvalue weighted by molar-refractivity contribution is -0.119. The zero-order valence-corrected chi connectivity index (χ0v) is 18.5. The van der Waals surface area contributed by atoms with E-state index in [0.29, 0.717) is 37.2 Å². The van der Waals surface area contributed by atoms with E-state index in [0.717, 1.165) is 27.8 Å². The van der Waals surface area contributed by atoms with Crippen LogP contribution in [0.1, 0.15) is 30.1 Å². The molecule has 0 saturated carbocycles. The van der Waals surface area contributed by atoms with Crippen LogP contribution >= 0.6 is 11.3 Å². The van der Waals surface area contributed by atoms with E-state index in [1.165, 1.54) is 4.31 Å². The third-order valence-electron chi connectivity index (χ3n) is 5.92. The molecule has 5 rings (SSSR count). The summed E-state index contributed by atoms with van der Waals surface area (Å²) in [6, 6.07) is 11.6. The molecule has 3 heterocycles. The van der Waals surface area contributed by atoms with Crippen molar-refractivity contribution in [3.63, 3.8) is 0 Å². The average molecular weight is 456 g/mol. The Bertz CT molecular complexity index is 1300. The van der Waals surface area contributed by atoms with E-state index in [1.54, 1.807) is 40.6 Å². The van der Waals surface area contributed by atoms with Crippen molar-refractivity contribution in [3.05, 3.63) is 53.4 Å². The number of hydrogen-bond acceptors (Lipinski definition) is 5. The molecule has 0 spiro atoms. The molecule has 1 saturated heterocycles. The van der Waals surface area contributed by atoms with E-state index in [1.807, 2.05) is 19.1 Å². The van der Waals surface area contributed by atoms with Crippen molar-refractivity contribution in [2.45, 2.75) is 30.0 Å². The molecular formula is C22H21N3O4S2. The van der Waals surface area contributed by atoms with Gasteiger partial charge in [-0.15, -0.1) is 11.3 Å². The predicted octanol–water partition coefficient (Wildman–Crippen LogP) is 3.67. The number of nitrogens with one attached hydrogen (secondary N) is 1. The van der Waals surface area contributed by atoms with Crippen molar-refractivity contribution >= 4 is 55.3 Å². The highest BCUT2D eigenvalue weighted by molar-refractivity contribution is 7.91. The number of benzene rings is 2. The van der Waals surface area contributed by atoms with Gasteiger partial charge in [0.2, 0.25) is 5.91 Å². The van der Waals surface area contributed by atoms with Crippen LogP contribution in [0.4, 0.5) is 11.4 Å². The molecule has 7 nitrogen and oxygen atoms in total. The van der Waals surface area contributed by atoms with E-state index in [2.05, 4.69) is 5.32 Å². The molecule has 1 unspecified atom stereocenters. The summed E-state index contributed by atoms with van der Waals surface area (Å²) >= 11 is 1.15. The Kier molecular flexibility index (Phi) is 4.84. The first-order valence-electron chi connectivity index (χ1n) is 10.2. The molecule has 9 heteroatoms.